The summed E-state index contributed by atoms with van der Waals surface area (Å²) in [5, 5.41) is 6.81. The molecule has 0 aliphatic rings. The van der Waals surface area contributed by atoms with Crippen molar-refractivity contribution in [2.24, 2.45) is 0 Å². The van der Waals surface area contributed by atoms with E-state index in [0.29, 0.717) is 10.8 Å². The lowest BCUT2D eigenvalue weighted by Gasteiger charge is -2.18. The number of hydrogen-bond acceptors (Lipinski definition) is 6. The van der Waals surface area contributed by atoms with Crippen LogP contribution in [0.25, 0.3) is 0 Å². The fourth-order valence-corrected chi connectivity index (χ4v) is 2.24. The molecule has 134 valence electrons. The normalized spacial score (nSPS) is 13.0. The molecule has 1 aromatic heterocycles. The van der Waals surface area contributed by atoms with E-state index in [0.717, 1.165) is 0 Å². The topological polar surface area (TPSA) is 90.7 Å². The molecule has 0 bridgehead atoms. The minimum Gasteiger partial charge on any atom is -0.477 e. The molecule has 0 radical (unpaired) electrons. The largest absolute Gasteiger partial charge is 0.477 e. The van der Waals surface area contributed by atoms with Gasteiger partial charge >= 0.3 is 5.97 Å². The number of carbonyl (C=O) groups is 2. The van der Waals surface area contributed by atoms with E-state index in [9.17, 15) is 9.59 Å². The van der Waals surface area contributed by atoms with Gasteiger partial charge in [-0.3, -0.25) is 4.79 Å². The Balaban J connectivity index is 1.89. The predicted molar refractivity (Wildman–Crippen MR) is 92.0 cm³/mol. The quantitative estimate of drug-likeness (QED) is 0.762. The van der Waals surface area contributed by atoms with Gasteiger partial charge in [-0.25, -0.2) is 4.79 Å². The van der Waals surface area contributed by atoms with E-state index in [4.69, 9.17) is 37.2 Å². The van der Waals surface area contributed by atoms with Crippen LogP contribution in [0.2, 0.25) is 10.0 Å². The Bertz CT molecular complexity index is 778. The molecule has 7 nitrogen and oxygen atoms in total. The third kappa shape index (κ3) is 5.37. The molecule has 1 heterocycles. The second kappa shape index (κ2) is 8.22. The minimum atomic E-state index is -1.05. The monoisotopic (exact) mass is 386 g/mol. The highest BCUT2D eigenvalue weighted by Gasteiger charge is 2.24. The van der Waals surface area contributed by atoms with Gasteiger partial charge in [0.15, 0.2) is 18.0 Å². The highest BCUT2D eigenvalue weighted by atomic mass is 35.5. The number of halogens is 2. The van der Waals surface area contributed by atoms with E-state index >= 15 is 0 Å². The molecule has 9 heteroatoms. The average Bonchev–Trinajstić information content (AvgIpc) is 2.94. The van der Waals surface area contributed by atoms with Crippen molar-refractivity contribution < 1.29 is 23.6 Å². The molecule has 0 aliphatic heterocycles. The zero-order valence-electron chi connectivity index (χ0n) is 13.7. The summed E-state index contributed by atoms with van der Waals surface area (Å²) in [5.41, 5.74) is 0. The highest BCUT2D eigenvalue weighted by molar-refractivity contribution is 6.35. The number of anilines is 1. The summed E-state index contributed by atoms with van der Waals surface area (Å²) in [5.74, 6) is -0.196. The minimum absolute atomic E-state index is 0.239. The van der Waals surface area contributed by atoms with Gasteiger partial charge in [0.2, 0.25) is 0 Å². The van der Waals surface area contributed by atoms with Crippen molar-refractivity contribution in [1.29, 1.82) is 0 Å². The zero-order chi connectivity index (χ0) is 18.6. The number of amides is 1. The lowest BCUT2D eigenvalue weighted by atomic mass is 10.3. The molecule has 2 rings (SSSR count). The molecule has 2 atom stereocenters. The molecule has 2 aromatic rings. The first-order valence-corrected chi connectivity index (χ1v) is 8.08. The van der Waals surface area contributed by atoms with Gasteiger partial charge in [-0.15, -0.1) is 0 Å². The van der Waals surface area contributed by atoms with Crippen LogP contribution in [-0.4, -0.2) is 29.2 Å². The maximum absolute atomic E-state index is 12.1. The number of hydrogen-bond donors (Lipinski definition) is 1. The number of carbonyl (C=O) groups excluding carboxylic acids is 2. The molecule has 1 amide bonds. The van der Waals surface area contributed by atoms with Gasteiger partial charge in [-0.05, 0) is 39.0 Å². The lowest BCUT2D eigenvalue weighted by molar-refractivity contribution is -0.159. The maximum atomic E-state index is 12.1. The average molecular weight is 387 g/mol. The smallest absolute Gasteiger partial charge is 0.347 e. The van der Waals surface area contributed by atoms with Crippen molar-refractivity contribution in [2.45, 2.75) is 33.0 Å². The second-order valence-corrected chi connectivity index (χ2v) is 6.07. The number of benzene rings is 1. The van der Waals surface area contributed by atoms with Gasteiger partial charge in [0, 0.05) is 11.1 Å². The molecule has 0 saturated carbocycles. The van der Waals surface area contributed by atoms with Gasteiger partial charge in [-0.2, -0.15) is 0 Å². The van der Waals surface area contributed by atoms with Crippen LogP contribution in [0.3, 0.4) is 0 Å². The van der Waals surface area contributed by atoms with E-state index in [1.54, 1.807) is 19.1 Å². The molecular formula is C16H16Cl2N2O5. The predicted octanol–water partition coefficient (Wildman–Crippen LogP) is 3.63. The SMILES string of the molecule is Cc1cc(NC(=O)[C@@H](C)OC(=O)[C@@H](C)Oc2ccc(Cl)cc2Cl)no1. The summed E-state index contributed by atoms with van der Waals surface area (Å²) in [6.07, 6.45) is -2.01. The molecule has 1 aromatic carbocycles. The summed E-state index contributed by atoms with van der Waals surface area (Å²) >= 11 is 11.8. The van der Waals surface area contributed by atoms with E-state index in [1.165, 1.54) is 26.0 Å². The van der Waals surface area contributed by atoms with Crippen LogP contribution in [0, 0.1) is 6.92 Å². The van der Waals surface area contributed by atoms with Crippen molar-refractivity contribution in [3.05, 3.63) is 40.1 Å². The van der Waals surface area contributed by atoms with Gasteiger partial charge in [-0.1, -0.05) is 28.4 Å². The van der Waals surface area contributed by atoms with Crippen LogP contribution >= 0.6 is 23.2 Å². The van der Waals surface area contributed by atoms with Crippen molar-refractivity contribution in [3.8, 4) is 5.75 Å². The number of esters is 1. The molecule has 0 saturated heterocycles. The Morgan fingerprint density at radius 1 is 1.20 bits per heavy atom. The summed E-state index contributed by atoms with van der Waals surface area (Å²) < 4.78 is 15.4. The van der Waals surface area contributed by atoms with Gasteiger partial charge in [0.25, 0.3) is 5.91 Å². The van der Waals surface area contributed by atoms with Crippen LogP contribution in [0.4, 0.5) is 5.82 Å². The van der Waals surface area contributed by atoms with Crippen LogP contribution in [0.5, 0.6) is 5.75 Å². The van der Waals surface area contributed by atoms with E-state index in [-0.39, 0.29) is 16.6 Å². The van der Waals surface area contributed by atoms with Gasteiger partial charge in [0.1, 0.15) is 11.5 Å². The van der Waals surface area contributed by atoms with Crippen LogP contribution in [0.15, 0.2) is 28.8 Å². The van der Waals surface area contributed by atoms with Crippen LogP contribution in [-0.2, 0) is 14.3 Å². The van der Waals surface area contributed by atoms with E-state index < -0.39 is 24.1 Å². The Hall–Kier alpha value is -2.25. The first kappa shape index (κ1) is 19.1. The number of aryl methyl sites for hydroxylation is 1. The number of nitrogens with zero attached hydrogens (tertiary/aromatic N) is 1. The first-order valence-electron chi connectivity index (χ1n) is 7.32. The number of rotatable bonds is 6. The maximum Gasteiger partial charge on any atom is 0.347 e. The number of ether oxygens (including phenoxy) is 2. The van der Waals surface area contributed by atoms with Gasteiger partial charge in [0.05, 0.1) is 5.02 Å². The van der Waals surface area contributed by atoms with Crippen LogP contribution in [0.1, 0.15) is 19.6 Å². The van der Waals surface area contributed by atoms with Gasteiger partial charge < -0.3 is 19.3 Å². The zero-order valence-corrected chi connectivity index (χ0v) is 15.2. The van der Waals surface area contributed by atoms with E-state index in [1.807, 2.05) is 0 Å². The third-order valence-corrected chi connectivity index (χ3v) is 3.60. The molecular weight excluding hydrogens is 371 g/mol. The first-order chi connectivity index (χ1) is 11.8. The van der Waals surface area contributed by atoms with Crippen molar-refractivity contribution in [1.82, 2.24) is 5.16 Å². The Morgan fingerprint density at radius 2 is 1.92 bits per heavy atom. The standard InChI is InChI=1S/C16H16Cl2N2O5/c1-8-6-14(20-25-8)19-15(21)9(2)24-16(22)10(3)23-13-5-4-11(17)7-12(13)18/h4-7,9-10H,1-3H3,(H,19,20,21)/t9-,10-/m1/s1. The van der Waals surface area contributed by atoms with Crippen molar-refractivity contribution in [2.75, 3.05) is 5.32 Å². The summed E-state index contributed by atoms with van der Waals surface area (Å²) in [7, 11) is 0. The fraction of sp³-hybridized carbons (Fsp3) is 0.312. The fourth-order valence-electron chi connectivity index (χ4n) is 1.79. The second-order valence-electron chi connectivity index (χ2n) is 5.23. The Kier molecular flexibility index (Phi) is 6.27. The van der Waals surface area contributed by atoms with Crippen molar-refractivity contribution in [3.63, 3.8) is 0 Å². The Labute approximate surface area is 154 Å². The molecule has 0 aliphatic carbocycles. The summed E-state index contributed by atoms with van der Waals surface area (Å²) in [6, 6.07) is 6.15. The molecule has 0 unspecified atom stereocenters. The molecule has 1 N–H and O–H groups in total. The van der Waals surface area contributed by atoms with Crippen LogP contribution < -0.4 is 10.1 Å². The number of aromatic nitrogens is 1. The third-order valence-electron chi connectivity index (χ3n) is 3.07. The molecule has 25 heavy (non-hydrogen) atoms. The van der Waals surface area contributed by atoms with E-state index in [2.05, 4.69) is 10.5 Å². The Morgan fingerprint density at radius 3 is 2.52 bits per heavy atom. The number of nitrogens with one attached hydrogen (secondary N) is 1. The highest BCUT2D eigenvalue weighted by Crippen LogP contribution is 2.28. The molecule has 0 fully saturated rings. The summed E-state index contributed by atoms with van der Waals surface area (Å²) in [6.45, 7) is 4.61. The van der Waals surface area contributed by atoms with Crippen molar-refractivity contribution >= 4 is 40.9 Å². The lowest BCUT2D eigenvalue weighted by Crippen LogP contribution is -2.35. The molecule has 0 spiro atoms. The summed E-state index contributed by atoms with van der Waals surface area (Å²) in [4.78, 5) is 24.0.